The number of hydrogen-bond donors (Lipinski definition) is 1. The summed E-state index contributed by atoms with van der Waals surface area (Å²) >= 11 is 0. The predicted octanol–water partition coefficient (Wildman–Crippen LogP) is 3.56. The van der Waals surface area contributed by atoms with E-state index in [1.54, 1.807) is 32.4 Å². The summed E-state index contributed by atoms with van der Waals surface area (Å²) in [6.07, 6.45) is 0. The van der Waals surface area contributed by atoms with E-state index in [9.17, 15) is 9.90 Å². The van der Waals surface area contributed by atoms with Gasteiger partial charge >= 0.3 is 5.97 Å². The van der Waals surface area contributed by atoms with Crippen molar-refractivity contribution in [1.82, 2.24) is 0 Å². The molecule has 0 saturated carbocycles. The smallest absolute Gasteiger partial charge is 0.339 e. The van der Waals surface area contributed by atoms with Crippen LogP contribution in [0.15, 0.2) is 36.4 Å². The Hall–Kier alpha value is -2.69. The van der Waals surface area contributed by atoms with Gasteiger partial charge < -0.3 is 19.3 Å². The largest absolute Gasteiger partial charge is 0.496 e. The summed E-state index contributed by atoms with van der Waals surface area (Å²) in [4.78, 5) is 11.6. The van der Waals surface area contributed by atoms with Crippen LogP contribution in [-0.4, -0.2) is 32.4 Å². The van der Waals surface area contributed by atoms with Gasteiger partial charge in [-0.2, -0.15) is 0 Å². The van der Waals surface area contributed by atoms with Gasteiger partial charge in [-0.15, -0.1) is 0 Å². The summed E-state index contributed by atoms with van der Waals surface area (Å²) in [6, 6.07) is 10.8. The van der Waals surface area contributed by atoms with Crippen LogP contribution in [0, 0.1) is 0 Å². The number of methoxy groups -OCH3 is 3. The molecule has 5 heteroatoms. The Labute approximate surface area is 135 Å². The molecular weight excluding hydrogens is 296 g/mol. The molecule has 0 spiro atoms. The fourth-order valence-electron chi connectivity index (χ4n) is 2.61. The average molecular weight is 316 g/mol. The molecule has 5 nitrogen and oxygen atoms in total. The average Bonchev–Trinajstić information content (AvgIpc) is 2.59. The number of aromatic carboxylic acids is 1. The maximum absolute atomic E-state index is 11.6. The van der Waals surface area contributed by atoms with E-state index in [1.807, 2.05) is 25.1 Å². The normalized spacial score (nSPS) is 11.7. The Balaban J connectivity index is 2.53. The van der Waals surface area contributed by atoms with E-state index in [4.69, 9.17) is 14.2 Å². The Morgan fingerprint density at radius 2 is 1.61 bits per heavy atom. The van der Waals surface area contributed by atoms with Crippen LogP contribution in [0.2, 0.25) is 0 Å². The molecule has 0 saturated heterocycles. The minimum atomic E-state index is -1.01. The van der Waals surface area contributed by atoms with Crippen LogP contribution in [0.1, 0.15) is 34.3 Å². The van der Waals surface area contributed by atoms with Crippen molar-refractivity contribution < 1.29 is 24.1 Å². The molecule has 1 N–H and O–H groups in total. The van der Waals surface area contributed by atoms with E-state index in [0.717, 1.165) is 5.56 Å². The fourth-order valence-corrected chi connectivity index (χ4v) is 2.61. The number of benzene rings is 2. The van der Waals surface area contributed by atoms with Crippen molar-refractivity contribution in [2.24, 2.45) is 0 Å². The van der Waals surface area contributed by atoms with Gasteiger partial charge in [-0.1, -0.05) is 25.1 Å². The highest BCUT2D eigenvalue weighted by atomic mass is 16.5. The van der Waals surface area contributed by atoms with Crippen molar-refractivity contribution in [2.75, 3.05) is 21.3 Å². The van der Waals surface area contributed by atoms with E-state index in [-0.39, 0.29) is 11.5 Å². The van der Waals surface area contributed by atoms with Crippen LogP contribution in [0.3, 0.4) is 0 Å². The number of hydrogen-bond acceptors (Lipinski definition) is 4. The molecule has 2 rings (SSSR count). The molecule has 0 aliphatic carbocycles. The zero-order valence-corrected chi connectivity index (χ0v) is 13.6. The van der Waals surface area contributed by atoms with E-state index >= 15 is 0 Å². The van der Waals surface area contributed by atoms with Crippen LogP contribution in [0.4, 0.5) is 0 Å². The summed E-state index contributed by atoms with van der Waals surface area (Å²) < 4.78 is 15.7. The molecule has 0 bridgehead atoms. The van der Waals surface area contributed by atoms with Crippen LogP contribution in [-0.2, 0) is 0 Å². The molecule has 0 heterocycles. The van der Waals surface area contributed by atoms with Gasteiger partial charge in [-0.05, 0) is 29.3 Å². The Morgan fingerprint density at radius 3 is 2.17 bits per heavy atom. The molecule has 2 aromatic carbocycles. The minimum Gasteiger partial charge on any atom is -0.496 e. The molecule has 0 fully saturated rings. The molecule has 0 aliphatic heterocycles. The molecule has 0 aliphatic rings. The molecule has 0 radical (unpaired) electrons. The third kappa shape index (κ3) is 3.23. The number of rotatable bonds is 6. The lowest BCUT2D eigenvalue weighted by Crippen LogP contribution is -2.09. The van der Waals surface area contributed by atoms with Crippen molar-refractivity contribution in [1.29, 1.82) is 0 Å². The Kier molecular flexibility index (Phi) is 5.11. The quantitative estimate of drug-likeness (QED) is 0.882. The van der Waals surface area contributed by atoms with Gasteiger partial charge in [0.15, 0.2) is 11.5 Å². The minimum absolute atomic E-state index is 0.143. The summed E-state index contributed by atoms with van der Waals surface area (Å²) in [5.41, 5.74) is 1.79. The van der Waals surface area contributed by atoms with Gasteiger partial charge in [0.05, 0.1) is 21.3 Å². The van der Waals surface area contributed by atoms with Crippen LogP contribution in [0.5, 0.6) is 17.2 Å². The second-order valence-corrected chi connectivity index (χ2v) is 5.07. The topological polar surface area (TPSA) is 65.0 Å². The molecule has 0 unspecified atom stereocenters. The highest BCUT2D eigenvalue weighted by Gasteiger charge is 2.22. The molecule has 2 aromatic rings. The lowest BCUT2D eigenvalue weighted by molar-refractivity contribution is 0.0692. The first-order valence-corrected chi connectivity index (χ1v) is 7.15. The Morgan fingerprint density at radius 1 is 0.957 bits per heavy atom. The van der Waals surface area contributed by atoms with Crippen LogP contribution >= 0.6 is 0 Å². The highest BCUT2D eigenvalue weighted by molar-refractivity contribution is 5.93. The van der Waals surface area contributed by atoms with Crippen molar-refractivity contribution >= 4 is 5.97 Å². The number of carboxylic acid groups (broad SMARTS) is 1. The number of carbonyl (C=O) groups is 1. The summed E-state index contributed by atoms with van der Waals surface area (Å²) in [6.45, 7) is 1.95. The van der Waals surface area contributed by atoms with Crippen molar-refractivity contribution in [2.45, 2.75) is 12.8 Å². The molecule has 122 valence electrons. The van der Waals surface area contributed by atoms with Gasteiger partial charge in [0.25, 0.3) is 0 Å². The Bertz CT molecular complexity index is 709. The van der Waals surface area contributed by atoms with Crippen LogP contribution < -0.4 is 14.2 Å². The summed E-state index contributed by atoms with van der Waals surface area (Å²) in [5, 5.41) is 9.53. The molecule has 23 heavy (non-hydrogen) atoms. The number of ether oxygens (including phenoxy) is 3. The number of carboxylic acids is 1. The summed E-state index contributed by atoms with van der Waals surface area (Å²) in [7, 11) is 4.61. The van der Waals surface area contributed by atoms with Gasteiger partial charge in [0.2, 0.25) is 0 Å². The highest BCUT2D eigenvalue weighted by Crippen LogP contribution is 2.36. The standard InChI is InChI=1S/C18H20O5/c1-11(12-8-9-14(21-2)16(10-12)23-4)13-6-5-7-15(22-3)17(13)18(19)20/h5-11H,1-4H3,(H,19,20)/t11-/m1/s1. The monoisotopic (exact) mass is 316 g/mol. The fraction of sp³-hybridized carbons (Fsp3) is 0.278. The maximum atomic E-state index is 11.6. The zero-order valence-electron chi connectivity index (χ0n) is 13.6. The lowest BCUT2D eigenvalue weighted by Gasteiger charge is -2.18. The first-order valence-electron chi connectivity index (χ1n) is 7.15. The third-order valence-corrected chi connectivity index (χ3v) is 3.87. The molecule has 1 atom stereocenters. The molecular formula is C18H20O5. The lowest BCUT2D eigenvalue weighted by atomic mass is 9.89. The summed E-state index contributed by atoms with van der Waals surface area (Å²) in [5.74, 6) is 0.437. The van der Waals surface area contributed by atoms with Gasteiger partial charge in [0.1, 0.15) is 11.3 Å². The first kappa shape index (κ1) is 16.7. The molecule has 0 aromatic heterocycles. The maximum Gasteiger partial charge on any atom is 0.339 e. The second-order valence-electron chi connectivity index (χ2n) is 5.07. The first-order chi connectivity index (χ1) is 11.0. The zero-order chi connectivity index (χ0) is 17.0. The van der Waals surface area contributed by atoms with Crippen LogP contribution in [0.25, 0.3) is 0 Å². The van der Waals surface area contributed by atoms with E-state index in [1.165, 1.54) is 7.11 Å². The van der Waals surface area contributed by atoms with Crippen molar-refractivity contribution in [3.05, 3.63) is 53.1 Å². The predicted molar refractivity (Wildman–Crippen MR) is 87.0 cm³/mol. The van der Waals surface area contributed by atoms with E-state index < -0.39 is 5.97 Å². The van der Waals surface area contributed by atoms with Crippen molar-refractivity contribution in [3.8, 4) is 17.2 Å². The second kappa shape index (κ2) is 7.05. The van der Waals surface area contributed by atoms with Crippen molar-refractivity contribution in [3.63, 3.8) is 0 Å². The molecule has 0 amide bonds. The van der Waals surface area contributed by atoms with Gasteiger partial charge in [-0.25, -0.2) is 4.79 Å². The third-order valence-electron chi connectivity index (χ3n) is 3.87. The van der Waals surface area contributed by atoms with E-state index in [2.05, 4.69) is 0 Å². The van der Waals surface area contributed by atoms with Gasteiger partial charge in [0, 0.05) is 5.92 Å². The van der Waals surface area contributed by atoms with E-state index in [0.29, 0.717) is 22.8 Å². The SMILES string of the molecule is COc1ccc([C@@H](C)c2cccc(OC)c2C(=O)O)cc1OC. The van der Waals surface area contributed by atoms with Gasteiger partial charge in [-0.3, -0.25) is 0 Å².